The predicted molar refractivity (Wildman–Crippen MR) is 113 cm³/mol. The number of nitrogens with zero attached hydrogens (tertiary/aromatic N) is 4. The van der Waals surface area contributed by atoms with E-state index in [1.165, 1.54) is 0 Å². The molecule has 0 bridgehead atoms. The Morgan fingerprint density at radius 1 is 1.19 bits per heavy atom. The second-order valence-electron chi connectivity index (χ2n) is 7.69. The molecule has 3 aromatic heterocycles. The van der Waals surface area contributed by atoms with E-state index in [4.69, 9.17) is 4.74 Å². The number of amides is 1. The first kappa shape index (κ1) is 20.6. The average Bonchev–Trinajstić information content (AvgIpc) is 3.22. The van der Waals surface area contributed by atoms with Gasteiger partial charge in [0.15, 0.2) is 5.82 Å². The number of aromatic nitrogens is 4. The van der Waals surface area contributed by atoms with Gasteiger partial charge in [-0.1, -0.05) is 5.16 Å². The van der Waals surface area contributed by atoms with Crippen LogP contribution < -0.4 is 20.7 Å². The van der Waals surface area contributed by atoms with Gasteiger partial charge in [-0.15, -0.1) is 0 Å². The third-order valence-corrected chi connectivity index (χ3v) is 5.24. The lowest BCUT2D eigenvalue weighted by atomic mass is 9.93. The molecular formula is C21H24N6O4. The molecular weight excluding hydrogens is 400 g/mol. The Hall–Kier alpha value is -3.69. The van der Waals surface area contributed by atoms with Crippen molar-refractivity contribution in [2.45, 2.75) is 37.8 Å². The molecule has 0 aromatic carbocycles. The summed E-state index contributed by atoms with van der Waals surface area (Å²) in [4.78, 5) is 36.5. The van der Waals surface area contributed by atoms with E-state index in [2.05, 4.69) is 29.9 Å². The Bertz CT molecular complexity index is 1080. The van der Waals surface area contributed by atoms with E-state index in [9.17, 15) is 9.59 Å². The van der Waals surface area contributed by atoms with Gasteiger partial charge < -0.3 is 15.0 Å². The van der Waals surface area contributed by atoms with Crippen LogP contribution in [0, 0.1) is 0 Å². The first-order valence-electron chi connectivity index (χ1n) is 10.1. The van der Waals surface area contributed by atoms with Crippen LogP contribution in [0.1, 0.15) is 36.2 Å². The molecule has 31 heavy (non-hydrogen) atoms. The molecule has 0 atom stereocenters. The second kappa shape index (κ2) is 8.99. The van der Waals surface area contributed by atoms with Crippen molar-refractivity contribution in [2.24, 2.45) is 0 Å². The maximum Gasteiger partial charge on any atom is 0.439 e. The number of hydrogen-bond donors (Lipinski definition) is 2. The van der Waals surface area contributed by atoms with Crippen LogP contribution in [-0.2, 0) is 0 Å². The molecule has 1 fully saturated rings. The van der Waals surface area contributed by atoms with Crippen molar-refractivity contribution >= 4 is 11.6 Å². The molecule has 0 saturated heterocycles. The molecule has 10 nitrogen and oxygen atoms in total. The van der Waals surface area contributed by atoms with Crippen molar-refractivity contribution < 1.29 is 14.1 Å². The number of anilines is 1. The molecule has 1 aliphatic carbocycles. The zero-order valence-corrected chi connectivity index (χ0v) is 17.4. The minimum absolute atomic E-state index is 0.0357. The van der Waals surface area contributed by atoms with Crippen molar-refractivity contribution in [1.82, 2.24) is 25.4 Å². The first-order valence-corrected chi connectivity index (χ1v) is 10.1. The number of hydrogen-bond acceptors (Lipinski definition) is 8. The number of carbonyl (C=O) groups is 1. The maximum absolute atomic E-state index is 12.5. The zero-order chi connectivity index (χ0) is 21.8. The summed E-state index contributed by atoms with van der Waals surface area (Å²) in [5.74, 6) is 0.0641. The van der Waals surface area contributed by atoms with E-state index in [-0.39, 0.29) is 18.1 Å². The van der Waals surface area contributed by atoms with Gasteiger partial charge in [-0.2, -0.15) is 0 Å². The second-order valence-corrected chi connectivity index (χ2v) is 7.69. The summed E-state index contributed by atoms with van der Waals surface area (Å²) in [6, 6.07) is 7.24. The van der Waals surface area contributed by atoms with E-state index in [0.29, 0.717) is 23.0 Å². The van der Waals surface area contributed by atoms with Gasteiger partial charge in [0.05, 0.1) is 0 Å². The molecule has 0 spiro atoms. The van der Waals surface area contributed by atoms with Crippen LogP contribution in [0.5, 0.6) is 5.88 Å². The summed E-state index contributed by atoms with van der Waals surface area (Å²) in [5.41, 5.74) is 1.99. The summed E-state index contributed by atoms with van der Waals surface area (Å²) in [6.45, 7) is 0. The van der Waals surface area contributed by atoms with Crippen molar-refractivity contribution in [3.63, 3.8) is 0 Å². The molecule has 0 radical (unpaired) electrons. The number of carbonyl (C=O) groups excluding carboxylic acids is 1. The van der Waals surface area contributed by atoms with Gasteiger partial charge in [-0.3, -0.25) is 19.3 Å². The number of aromatic amines is 1. The molecule has 162 valence electrons. The molecule has 3 aromatic rings. The maximum atomic E-state index is 12.5. The summed E-state index contributed by atoms with van der Waals surface area (Å²) < 4.78 is 10.5. The van der Waals surface area contributed by atoms with Crippen molar-refractivity contribution in [3.8, 4) is 17.3 Å². The Balaban J connectivity index is 1.27. The van der Waals surface area contributed by atoms with Crippen molar-refractivity contribution in [3.05, 3.63) is 52.9 Å². The van der Waals surface area contributed by atoms with Crippen LogP contribution in [0.2, 0.25) is 0 Å². The SMILES string of the molecule is CN(C)c1ccnc(C(=O)NC2CCC(Oc3ccc(-c4noc(=O)[nH]4)cn3)CC2)c1. The normalized spacial score (nSPS) is 18.4. The van der Waals surface area contributed by atoms with Crippen LogP contribution >= 0.6 is 0 Å². The Morgan fingerprint density at radius 3 is 2.65 bits per heavy atom. The van der Waals surface area contributed by atoms with Gasteiger partial charge in [0, 0.05) is 49.8 Å². The summed E-state index contributed by atoms with van der Waals surface area (Å²) in [5, 5.41) is 6.71. The number of H-pyrrole nitrogens is 1. The van der Waals surface area contributed by atoms with Gasteiger partial charge in [0.2, 0.25) is 5.88 Å². The molecule has 1 aliphatic rings. The molecule has 1 amide bonds. The molecule has 0 unspecified atom stereocenters. The fraction of sp³-hybridized carbons (Fsp3) is 0.381. The quantitative estimate of drug-likeness (QED) is 0.615. The number of ether oxygens (including phenoxy) is 1. The zero-order valence-electron chi connectivity index (χ0n) is 17.4. The number of nitrogens with one attached hydrogen (secondary N) is 2. The highest BCUT2D eigenvalue weighted by atomic mass is 16.5. The van der Waals surface area contributed by atoms with Gasteiger partial charge in [-0.25, -0.2) is 9.78 Å². The monoisotopic (exact) mass is 424 g/mol. The van der Waals surface area contributed by atoms with E-state index < -0.39 is 5.76 Å². The van der Waals surface area contributed by atoms with Crippen LogP contribution in [0.3, 0.4) is 0 Å². The summed E-state index contributed by atoms with van der Waals surface area (Å²) in [6.07, 6.45) is 6.53. The third kappa shape index (κ3) is 5.08. The fourth-order valence-electron chi connectivity index (χ4n) is 3.52. The molecule has 3 heterocycles. The van der Waals surface area contributed by atoms with Crippen LogP contribution in [0.25, 0.3) is 11.4 Å². The molecule has 4 rings (SSSR count). The molecule has 2 N–H and O–H groups in total. The number of pyridine rings is 2. The summed E-state index contributed by atoms with van der Waals surface area (Å²) >= 11 is 0. The smallest absolute Gasteiger partial charge is 0.439 e. The lowest BCUT2D eigenvalue weighted by Gasteiger charge is -2.29. The van der Waals surface area contributed by atoms with Crippen molar-refractivity contribution in [2.75, 3.05) is 19.0 Å². The average molecular weight is 424 g/mol. The highest BCUT2D eigenvalue weighted by Gasteiger charge is 2.24. The molecule has 0 aliphatic heterocycles. The molecule has 10 heteroatoms. The predicted octanol–water partition coefficient (Wildman–Crippen LogP) is 2.01. The minimum Gasteiger partial charge on any atom is -0.474 e. The van der Waals surface area contributed by atoms with Crippen LogP contribution in [0.15, 0.2) is 46.0 Å². The molecule has 1 saturated carbocycles. The van der Waals surface area contributed by atoms with E-state index in [0.717, 1.165) is 31.4 Å². The highest BCUT2D eigenvalue weighted by Crippen LogP contribution is 2.24. The standard InChI is InChI=1S/C21H24N6O4/c1-27(2)15-9-10-22-17(11-15)20(28)24-14-4-6-16(7-5-14)30-18-8-3-13(12-23-18)19-25-21(29)31-26-19/h3,8-12,14,16H,4-7H2,1-2H3,(H,24,28)(H,25,26,29). The third-order valence-electron chi connectivity index (χ3n) is 5.24. The Labute approximate surface area is 178 Å². The lowest BCUT2D eigenvalue weighted by molar-refractivity contribution is 0.0885. The summed E-state index contributed by atoms with van der Waals surface area (Å²) in [7, 11) is 3.85. The van der Waals surface area contributed by atoms with Gasteiger partial charge in [-0.05, 0) is 43.9 Å². The Morgan fingerprint density at radius 2 is 2.00 bits per heavy atom. The van der Waals surface area contributed by atoms with Crippen molar-refractivity contribution in [1.29, 1.82) is 0 Å². The van der Waals surface area contributed by atoms with Crippen LogP contribution in [0.4, 0.5) is 5.69 Å². The van der Waals surface area contributed by atoms with Gasteiger partial charge in [0.25, 0.3) is 5.91 Å². The number of rotatable bonds is 6. The topological polar surface area (TPSA) is 126 Å². The van der Waals surface area contributed by atoms with E-state index >= 15 is 0 Å². The minimum atomic E-state index is -0.611. The van der Waals surface area contributed by atoms with E-state index in [1.54, 1.807) is 30.6 Å². The highest BCUT2D eigenvalue weighted by molar-refractivity contribution is 5.93. The van der Waals surface area contributed by atoms with Crippen LogP contribution in [-0.4, -0.2) is 52.3 Å². The lowest BCUT2D eigenvalue weighted by Crippen LogP contribution is -2.40. The first-order chi connectivity index (χ1) is 15.0. The van der Waals surface area contributed by atoms with Gasteiger partial charge in [0.1, 0.15) is 11.8 Å². The largest absolute Gasteiger partial charge is 0.474 e. The fourth-order valence-corrected chi connectivity index (χ4v) is 3.52. The van der Waals surface area contributed by atoms with E-state index in [1.807, 2.05) is 25.1 Å². The van der Waals surface area contributed by atoms with Gasteiger partial charge >= 0.3 is 5.76 Å². The Kier molecular flexibility index (Phi) is 5.96.